The Bertz CT molecular complexity index is 1250. The Morgan fingerprint density at radius 1 is 1.15 bits per heavy atom. The van der Waals surface area contributed by atoms with Gasteiger partial charge < -0.3 is 14.8 Å². The molecule has 0 aliphatic heterocycles. The quantitative estimate of drug-likeness (QED) is 0.241. The molecule has 0 atom stereocenters. The van der Waals surface area contributed by atoms with E-state index < -0.39 is 11.8 Å². The fourth-order valence-corrected chi connectivity index (χ4v) is 3.61. The predicted molar refractivity (Wildman–Crippen MR) is 132 cm³/mol. The number of anilines is 1. The second-order valence-electron chi connectivity index (χ2n) is 6.98. The minimum atomic E-state index is -0.952. The van der Waals surface area contributed by atoms with Gasteiger partial charge in [0.15, 0.2) is 11.5 Å². The van der Waals surface area contributed by atoms with Crippen LogP contribution < -0.4 is 20.2 Å². The van der Waals surface area contributed by atoms with Gasteiger partial charge in [0.25, 0.3) is 0 Å². The van der Waals surface area contributed by atoms with Gasteiger partial charge in [-0.3, -0.25) is 9.59 Å². The van der Waals surface area contributed by atoms with Gasteiger partial charge in [-0.1, -0.05) is 35.9 Å². The number of rotatable bonds is 7. The van der Waals surface area contributed by atoms with Crippen LogP contribution in [0.15, 0.2) is 64.2 Å². The van der Waals surface area contributed by atoms with E-state index >= 15 is 0 Å². The van der Waals surface area contributed by atoms with Crippen LogP contribution in [0.1, 0.15) is 16.7 Å². The molecule has 0 aromatic heterocycles. The van der Waals surface area contributed by atoms with Gasteiger partial charge in [-0.15, -0.1) is 0 Å². The summed E-state index contributed by atoms with van der Waals surface area (Å²) in [5.41, 5.74) is 4.18. The molecule has 0 radical (unpaired) electrons. The molecule has 10 heteroatoms. The summed E-state index contributed by atoms with van der Waals surface area (Å²) in [7, 11) is 1.46. The van der Waals surface area contributed by atoms with E-state index in [-0.39, 0.29) is 12.4 Å². The summed E-state index contributed by atoms with van der Waals surface area (Å²) < 4.78 is 25.5. The van der Waals surface area contributed by atoms with Gasteiger partial charge in [-0.05, 0) is 64.3 Å². The first kappa shape index (κ1) is 25.2. The fourth-order valence-electron chi connectivity index (χ4n) is 2.86. The predicted octanol–water partition coefficient (Wildman–Crippen LogP) is 5.23. The first-order valence-electron chi connectivity index (χ1n) is 9.93. The molecule has 34 heavy (non-hydrogen) atoms. The normalized spacial score (nSPS) is 10.7. The lowest BCUT2D eigenvalue weighted by molar-refractivity contribution is -0.136. The van der Waals surface area contributed by atoms with Crippen molar-refractivity contribution >= 4 is 51.2 Å². The van der Waals surface area contributed by atoms with Crippen molar-refractivity contribution in [1.82, 2.24) is 5.43 Å². The Morgan fingerprint density at radius 3 is 2.65 bits per heavy atom. The van der Waals surface area contributed by atoms with Crippen LogP contribution >= 0.6 is 27.5 Å². The Balaban J connectivity index is 1.64. The number of carbonyl (C=O) groups excluding carboxylic acids is 2. The van der Waals surface area contributed by atoms with Crippen molar-refractivity contribution in [2.75, 3.05) is 12.4 Å². The third-order valence-electron chi connectivity index (χ3n) is 4.68. The van der Waals surface area contributed by atoms with E-state index in [4.69, 9.17) is 21.1 Å². The number of carbonyl (C=O) groups is 2. The average molecular weight is 549 g/mol. The lowest BCUT2D eigenvalue weighted by atomic mass is 10.2. The van der Waals surface area contributed by atoms with Gasteiger partial charge in [-0.25, -0.2) is 9.82 Å². The van der Waals surface area contributed by atoms with E-state index in [0.29, 0.717) is 43.4 Å². The number of benzene rings is 3. The standard InChI is InChI=1S/C24H20BrClFN3O4/c1-14-18(26)7-5-9-20(14)29-23(31)24(32)30-28-12-15-10-17(25)22(21(11-15)33-2)34-13-16-6-3-4-8-19(16)27/h3-12H,13H2,1-2H3,(H,29,31)(H,30,32). The van der Waals surface area contributed by atoms with Crippen LogP contribution in [-0.4, -0.2) is 25.1 Å². The molecule has 7 nitrogen and oxygen atoms in total. The zero-order chi connectivity index (χ0) is 24.7. The molecule has 3 aromatic rings. The number of hydrogen-bond donors (Lipinski definition) is 2. The van der Waals surface area contributed by atoms with Crippen LogP contribution in [0.2, 0.25) is 5.02 Å². The SMILES string of the molecule is COc1cc(C=NNC(=O)C(=O)Nc2cccc(Cl)c2C)cc(Br)c1OCc1ccccc1F. The summed E-state index contributed by atoms with van der Waals surface area (Å²) in [6, 6.07) is 14.6. The maximum atomic E-state index is 13.9. The highest BCUT2D eigenvalue weighted by molar-refractivity contribution is 9.10. The Kier molecular flexibility index (Phi) is 8.61. The fraction of sp³-hybridized carbons (Fsp3) is 0.125. The second kappa shape index (κ2) is 11.6. The molecular weight excluding hydrogens is 529 g/mol. The molecule has 3 aromatic carbocycles. The summed E-state index contributed by atoms with van der Waals surface area (Å²) in [5, 5.41) is 6.77. The number of hydrazone groups is 1. The molecule has 0 aliphatic carbocycles. The number of halogens is 3. The van der Waals surface area contributed by atoms with Gasteiger partial charge in [-0.2, -0.15) is 5.10 Å². The molecule has 0 bridgehead atoms. The Morgan fingerprint density at radius 2 is 1.91 bits per heavy atom. The summed E-state index contributed by atoms with van der Waals surface area (Å²) >= 11 is 9.42. The molecule has 176 valence electrons. The van der Waals surface area contributed by atoms with Crippen molar-refractivity contribution in [3.05, 3.63) is 86.6 Å². The average Bonchev–Trinajstić information content (AvgIpc) is 2.81. The van der Waals surface area contributed by atoms with Crippen molar-refractivity contribution in [3.63, 3.8) is 0 Å². The highest BCUT2D eigenvalue weighted by atomic mass is 79.9. The first-order chi connectivity index (χ1) is 16.3. The number of hydrogen-bond acceptors (Lipinski definition) is 5. The maximum absolute atomic E-state index is 13.9. The van der Waals surface area contributed by atoms with Crippen molar-refractivity contribution in [2.45, 2.75) is 13.5 Å². The van der Waals surface area contributed by atoms with E-state index in [0.717, 1.165) is 0 Å². The van der Waals surface area contributed by atoms with Crippen LogP contribution in [0, 0.1) is 12.7 Å². The molecule has 0 fully saturated rings. The van der Waals surface area contributed by atoms with Gasteiger partial charge in [0.05, 0.1) is 17.8 Å². The minimum absolute atomic E-state index is 0.00629. The zero-order valence-corrected chi connectivity index (χ0v) is 20.5. The smallest absolute Gasteiger partial charge is 0.329 e. The number of methoxy groups -OCH3 is 1. The molecule has 2 amide bonds. The molecule has 0 aliphatic rings. The largest absolute Gasteiger partial charge is 0.493 e. The van der Waals surface area contributed by atoms with Crippen molar-refractivity contribution in [2.24, 2.45) is 5.10 Å². The topological polar surface area (TPSA) is 89.0 Å². The second-order valence-corrected chi connectivity index (χ2v) is 8.24. The van der Waals surface area contributed by atoms with Crippen molar-refractivity contribution < 1.29 is 23.5 Å². The van der Waals surface area contributed by atoms with Gasteiger partial charge in [0.2, 0.25) is 0 Å². The van der Waals surface area contributed by atoms with E-state index in [1.807, 2.05) is 0 Å². The molecule has 0 heterocycles. The number of nitrogens with zero attached hydrogens (tertiary/aromatic N) is 1. The first-order valence-corrected chi connectivity index (χ1v) is 11.1. The van der Waals surface area contributed by atoms with Crippen LogP contribution in [0.5, 0.6) is 11.5 Å². The van der Waals surface area contributed by atoms with Crippen LogP contribution in [-0.2, 0) is 16.2 Å². The Labute approximate surface area is 209 Å². The van der Waals surface area contributed by atoms with Crippen LogP contribution in [0.3, 0.4) is 0 Å². The minimum Gasteiger partial charge on any atom is -0.493 e. The third-order valence-corrected chi connectivity index (χ3v) is 5.68. The van der Waals surface area contributed by atoms with E-state index in [9.17, 15) is 14.0 Å². The number of nitrogens with one attached hydrogen (secondary N) is 2. The van der Waals surface area contributed by atoms with Crippen LogP contribution in [0.25, 0.3) is 0 Å². The van der Waals surface area contributed by atoms with Crippen molar-refractivity contribution in [3.8, 4) is 11.5 Å². The molecule has 0 saturated carbocycles. The third kappa shape index (κ3) is 6.33. The molecule has 0 unspecified atom stereocenters. The van der Waals surface area contributed by atoms with E-state index in [2.05, 4.69) is 31.8 Å². The molecule has 0 spiro atoms. The highest BCUT2D eigenvalue weighted by Gasteiger charge is 2.15. The van der Waals surface area contributed by atoms with E-state index in [1.165, 1.54) is 19.4 Å². The molecular formula is C24H20BrClFN3O4. The Hall–Kier alpha value is -3.43. The monoisotopic (exact) mass is 547 g/mol. The summed E-state index contributed by atoms with van der Waals surface area (Å²) in [4.78, 5) is 24.2. The maximum Gasteiger partial charge on any atom is 0.329 e. The lowest BCUT2D eigenvalue weighted by Crippen LogP contribution is -2.32. The van der Waals surface area contributed by atoms with Gasteiger partial charge in [0, 0.05) is 16.3 Å². The number of amides is 2. The molecule has 2 N–H and O–H groups in total. The van der Waals surface area contributed by atoms with E-state index in [1.54, 1.807) is 55.5 Å². The van der Waals surface area contributed by atoms with Crippen molar-refractivity contribution in [1.29, 1.82) is 0 Å². The molecule has 0 saturated heterocycles. The summed E-state index contributed by atoms with van der Waals surface area (Å²) in [6.07, 6.45) is 1.34. The van der Waals surface area contributed by atoms with Crippen LogP contribution in [0.4, 0.5) is 10.1 Å². The summed E-state index contributed by atoms with van der Waals surface area (Å²) in [6.45, 7) is 1.73. The van der Waals surface area contributed by atoms with Gasteiger partial charge >= 0.3 is 11.8 Å². The molecule has 3 rings (SSSR count). The number of ether oxygens (including phenoxy) is 2. The zero-order valence-electron chi connectivity index (χ0n) is 18.2. The highest BCUT2D eigenvalue weighted by Crippen LogP contribution is 2.37. The lowest BCUT2D eigenvalue weighted by Gasteiger charge is -2.14. The van der Waals surface area contributed by atoms with Gasteiger partial charge in [0.1, 0.15) is 12.4 Å². The summed E-state index contributed by atoms with van der Waals surface area (Å²) in [5.74, 6) is -1.47.